The zero-order valence-electron chi connectivity index (χ0n) is 14.9. The van der Waals surface area contributed by atoms with Gasteiger partial charge in [0.15, 0.2) is 6.61 Å². The molecule has 0 heterocycles. The Morgan fingerprint density at radius 3 is 2.44 bits per heavy atom. The predicted octanol–water partition coefficient (Wildman–Crippen LogP) is 2.35. The lowest BCUT2D eigenvalue weighted by Gasteiger charge is -2.31. The molecule has 1 aliphatic rings. The van der Waals surface area contributed by atoms with Crippen LogP contribution in [0.4, 0.5) is 0 Å². The predicted molar refractivity (Wildman–Crippen MR) is 98.9 cm³/mol. The average molecular weight is 392 g/mol. The Morgan fingerprint density at radius 1 is 1.15 bits per heavy atom. The summed E-state index contributed by atoms with van der Waals surface area (Å²) in [7, 11) is 0. The fourth-order valence-electron chi connectivity index (χ4n) is 2.92. The van der Waals surface area contributed by atoms with Gasteiger partial charge in [0.25, 0.3) is 11.8 Å². The number of nitriles is 1. The van der Waals surface area contributed by atoms with Crippen molar-refractivity contribution in [2.45, 2.75) is 44.1 Å². The van der Waals surface area contributed by atoms with Gasteiger partial charge in [-0.3, -0.25) is 14.4 Å². The van der Waals surface area contributed by atoms with Crippen LogP contribution in [0, 0.1) is 11.3 Å². The largest absolute Gasteiger partial charge is 0.456 e. The molecule has 1 aromatic carbocycles. The number of hydrogen-bond donors (Lipinski definition) is 2. The molecular formula is C19H22ClN3O4. The minimum atomic E-state index is -0.853. The molecule has 0 aliphatic heterocycles. The SMILES string of the molecule is N#CC1(NC(=O)COC(=O)CCNC(=O)c2ccc(Cl)cc2)CCCCC1. The van der Waals surface area contributed by atoms with Crippen LogP contribution in [0.25, 0.3) is 0 Å². The van der Waals surface area contributed by atoms with Crippen LogP contribution in [0.1, 0.15) is 48.9 Å². The van der Waals surface area contributed by atoms with E-state index in [-0.39, 0.29) is 18.9 Å². The third-order valence-corrected chi connectivity index (χ3v) is 4.64. The van der Waals surface area contributed by atoms with Crippen LogP contribution in [0.5, 0.6) is 0 Å². The Kier molecular flexibility index (Phi) is 7.62. The summed E-state index contributed by atoms with van der Waals surface area (Å²) in [5, 5.41) is 15.1. The van der Waals surface area contributed by atoms with E-state index in [9.17, 15) is 19.6 Å². The second-order valence-electron chi connectivity index (χ2n) is 6.48. The van der Waals surface area contributed by atoms with Crippen molar-refractivity contribution >= 4 is 29.4 Å². The number of nitrogens with zero attached hydrogens (tertiary/aromatic N) is 1. The number of halogens is 1. The second-order valence-corrected chi connectivity index (χ2v) is 6.91. The van der Waals surface area contributed by atoms with Crippen molar-refractivity contribution in [2.24, 2.45) is 0 Å². The highest BCUT2D eigenvalue weighted by Crippen LogP contribution is 2.27. The molecule has 2 rings (SSSR count). The smallest absolute Gasteiger partial charge is 0.308 e. The molecule has 0 aromatic heterocycles. The third kappa shape index (κ3) is 6.57. The summed E-state index contributed by atoms with van der Waals surface area (Å²) >= 11 is 5.76. The zero-order chi connectivity index (χ0) is 19.7. The number of amides is 2. The van der Waals surface area contributed by atoms with Gasteiger partial charge < -0.3 is 15.4 Å². The molecule has 1 fully saturated rings. The molecule has 2 amide bonds. The quantitative estimate of drug-likeness (QED) is 0.693. The maximum atomic E-state index is 12.0. The maximum Gasteiger partial charge on any atom is 0.308 e. The maximum absolute atomic E-state index is 12.0. The Balaban J connectivity index is 1.67. The van der Waals surface area contributed by atoms with Crippen LogP contribution in [0.2, 0.25) is 5.02 Å². The van der Waals surface area contributed by atoms with Gasteiger partial charge in [0.2, 0.25) is 0 Å². The van der Waals surface area contributed by atoms with Crippen molar-refractivity contribution < 1.29 is 19.1 Å². The highest BCUT2D eigenvalue weighted by molar-refractivity contribution is 6.30. The van der Waals surface area contributed by atoms with Gasteiger partial charge in [-0.25, -0.2) is 0 Å². The van der Waals surface area contributed by atoms with Crippen molar-refractivity contribution in [1.82, 2.24) is 10.6 Å². The molecule has 8 heteroatoms. The number of ether oxygens (including phenoxy) is 1. The Hall–Kier alpha value is -2.59. The molecule has 0 saturated heterocycles. The van der Waals surface area contributed by atoms with E-state index in [1.165, 1.54) is 0 Å². The first kappa shape index (κ1) is 20.7. The highest BCUT2D eigenvalue weighted by Gasteiger charge is 2.33. The van der Waals surface area contributed by atoms with Crippen molar-refractivity contribution in [3.63, 3.8) is 0 Å². The number of carbonyl (C=O) groups is 3. The van der Waals surface area contributed by atoms with E-state index in [4.69, 9.17) is 16.3 Å². The number of carbonyl (C=O) groups excluding carboxylic acids is 3. The van der Waals surface area contributed by atoms with Gasteiger partial charge in [-0.05, 0) is 37.1 Å². The molecule has 1 aromatic rings. The van der Waals surface area contributed by atoms with Crippen LogP contribution in [-0.2, 0) is 14.3 Å². The van der Waals surface area contributed by atoms with Gasteiger partial charge in [-0.2, -0.15) is 5.26 Å². The van der Waals surface area contributed by atoms with Gasteiger partial charge in [0.05, 0.1) is 12.5 Å². The highest BCUT2D eigenvalue weighted by atomic mass is 35.5. The van der Waals surface area contributed by atoms with Gasteiger partial charge in [-0.15, -0.1) is 0 Å². The monoisotopic (exact) mass is 391 g/mol. The Morgan fingerprint density at radius 2 is 1.81 bits per heavy atom. The Labute approximate surface area is 163 Å². The van der Waals surface area contributed by atoms with E-state index in [0.29, 0.717) is 23.4 Å². The molecular weight excluding hydrogens is 370 g/mol. The molecule has 7 nitrogen and oxygen atoms in total. The normalized spacial score (nSPS) is 15.3. The molecule has 0 spiro atoms. The van der Waals surface area contributed by atoms with Gasteiger partial charge in [-0.1, -0.05) is 30.9 Å². The summed E-state index contributed by atoms with van der Waals surface area (Å²) < 4.78 is 4.91. The van der Waals surface area contributed by atoms with Crippen molar-refractivity contribution in [3.05, 3.63) is 34.9 Å². The van der Waals surface area contributed by atoms with E-state index in [1.54, 1.807) is 24.3 Å². The molecule has 0 unspecified atom stereocenters. The molecule has 27 heavy (non-hydrogen) atoms. The molecule has 0 bridgehead atoms. The van der Waals surface area contributed by atoms with E-state index in [2.05, 4.69) is 16.7 Å². The van der Waals surface area contributed by atoms with Crippen LogP contribution >= 0.6 is 11.6 Å². The lowest BCUT2D eigenvalue weighted by atomic mass is 9.83. The minimum absolute atomic E-state index is 0.0595. The van der Waals surface area contributed by atoms with Crippen LogP contribution in [0.3, 0.4) is 0 Å². The van der Waals surface area contributed by atoms with Crippen LogP contribution in [0.15, 0.2) is 24.3 Å². The average Bonchev–Trinajstić information content (AvgIpc) is 2.67. The summed E-state index contributed by atoms with van der Waals surface area (Å²) in [5.41, 5.74) is -0.421. The van der Waals surface area contributed by atoms with Gasteiger partial charge in [0.1, 0.15) is 5.54 Å². The number of nitrogens with one attached hydrogen (secondary N) is 2. The second kappa shape index (κ2) is 9.93. The van der Waals surface area contributed by atoms with Gasteiger partial charge in [0, 0.05) is 17.1 Å². The topological polar surface area (TPSA) is 108 Å². The minimum Gasteiger partial charge on any atom is -0.456 e. The van der Waals surface area contributed by atoms with Crippen molar-refractivity contribution in [2.75, 3.05) is 13.2 Å². The van der Waals surface area contributed by atoms with Crippen molar-refractivity contribution in [3.8, 4) is 6.07 Å². The lowest BCUT2D eigenvalue weighted by molar-refractivity contribution is -0.148. The summed E-state index contributed by atoms with van der Waals surface area (Å²) in [5.74, 6) is -1.42. The molecule has 144 valence electrons. The molecule has 2 N–H and O–H groups in total. The fraction of sp³-hybridized carbons (Fsp3) is 0.474. The summed E-state index contributed by atoms with van der Waals surface area (Å²) in [6.07, 6.45) is 3.99. The van der Waals surface area contributed by atoms with E-state index in [0.717, 1.165) is 19.3 Å². The lowest BCUT2D eigenvalue weighted by Crippen LogP contribution is -2.50. The Bertz CT molecular complexity index is 721. The molecule has 0 radical (unpaired) electrons. The first-order chi connectivity index (χ1) is 12.9. The standard InChI is InChI=1S/C19H22ClN3O4/c20-15-6-4-14(5-7-15)18(26)22-11-8-17(25)27-12-16(24)23-19(13-21)9-2-1-3-10-19/h4-7H,1-3,8-12H2,(H,22,26)(H,23,24). The third-order valence-electron chi connectivity index (χ3n) is 4.39. The van der Waals surface area contributed by atoms with Crippen LogP contribution < -0.4 is 10.6 Å². The first-order valence-electron chi connectivity index (χ1n) is 8.86. The molecule has 0 atom stereocenters. The first-order valence-corrected chi connectivity index (χ1v) is 9.23. The summed E-state index contributed by atoms with van der Waals surface area (Å²) in [6, 6.07) is 8.54. The number of benzene rings is 1. The van der Waals surface area contributed by atoms with Crippen molar-refractivity contribution in [1.29, 1.82) is 5.26 Å². The number of rotatable bonds is 7. The van der Waals surface area contributed by atoms with E-state index >= 15 is 0 Å². The van der Waals surface area contributed by atoms with E-state index < -0.39 is 24.0 Å². The number of hydrogen-bond acceptors (Lipinski definition) is 5. The molecule has 1 saturated carbocycles. The fourth-order valence-corrected chi connectivity index (χ4v) is 3.05. The number of esters is 1. The van der Waals surface area contributed by atoms with Gasteiger partial charge >= 0.3 is 5.97 Å². The van der Waals surface area contributed by atoms with Crippen LogP contribution in [-0.4, -0.2) is 36.5 Å². The zero-order valence-corrected chi connectivity index (χ0v) is 15.7. The summed E-state index contributed by atoms with van der Waals surface area (Å²) in [4.78, 5) is 35.6. The summed E-state index contributed by atoms with van der Waals surface area (Å²) in [6.45, 7) is -0.350. The molecule has 1 aliphatic carbocycles. The van der Waals surface area contributed by atoms with E-state index in [1.807, 2.05) is 0 Å².